The molecule has 6 atom stereocenters. The third-order valence-corrected chi connectivity index (χ3v) is 10.9. The summed E-state index contributed by atoms with van der Waals surface area (Å²) in [6.45, 7) is 5.79. The standard InChI is InChI=1S/C37H38N6O2/c1-37(2,3)45-36(44)43-30-16-23(30)17-31(43)35-40-27-11-7-21-13-19(5-9-25(21)33(27)42-35)18-4-8-24-20(12-18)6-10-26-32(24)41-34(39-26)29-15-22-14-28(22)38-29/h4-6,8-10,12-13,22-23,28-31,38H,7,11,14-17H2,1-3H3,(H,39,41)(H,40,42)/t22-,23?,28-,29+,30?,31+/m1/s1. The predicted octanol–water partition coefficient (Wildman–Crippen LogP) is 7.37. The van der Waals surface area contributed by atoms with Crippen LogP contribution in [0.3, 0.4) is 0 Å². The first-order valence-corrected chi connectivity index (χ1v) is 16.7. The highest BCUT2D eigenvalue weighted by Crippen LogP contribution is 2.54. The molecule has 5 aliphatic rings. The fourth-order valence-electron chi connectivity index (χ4n) is 8.44. The van der Waals surface area contributed by atoms with Crippen molar-refractivity contribution in [3.8, 4) is 22.4 Å². The summed E-state index contributed by atoms with van der Waals surface area (Å²) in [6, 6.07) is 19.2. The van der Waals surface area contributed by atoms with Crippen LogP contribution >= 0.6 is 0 Å². The zero-order chi connectivity index (χ0) is 30.2. The molecule has 4 heterocycles. The highest BCUT2D eigenvalue weighted by Gasteiger charge is 2.56. The molecular formula is C37H38N6O2. The predicted molar refractivity (Wildman–Crippen MR) is 174 cm³/mol. The van der Waals surface area contributed by atoms with Gasteiger partial charge < -0.3 is 20.0 Å². The van der Waals surface area contributed by atoms with Crippen LogP contribution in [0.5, 0.6) is 0 Å². The van der Waals surface area contributed by atoms with Crippen LogP contribution in [-0.2, 0) is 17.6 Å². The van der Waals surface area contributed by atoms with Gasteiger partial charge in [-0.3, -0.25) is 4.90 Å². The second-order valence-corrected chi connectivity index (χ2v) is 15.1. The van der Waals surface area contributed by atoms with Crippen LogP contribution in [0.4, 0.5) is 4.79 Å². The van der Waals surface area contributed by atoms with Crippen molar-refractivity contribution >= 4 is 27.9 Å². The molecule has 2 aliphatic heterocycles. The van der Waals surface area contributed by atoms with E-state index in [1.165, 1.54) is 51.6 Å². The fraction of sp³-hybridized carbons (Fsp3) is 0.432. The Hall–Kier alpha value is -4.17. The summed E-state index contributed by atoms with van der Waals surface area (Å²) in [7, 11) is 0. The van der Waals surface area contributed by atoms with Gasteiger partial charge in [-0.2, -0.15) is 0 Å². The van der Waals surface area contributed by atoms with Crippen LogP contribution < -0.4 is 5.32 Å². The van der Waals surface area contributed by atoms with E-state index in [-0.39, 0.29) is 18.2 Å². The molecule has 4 fully saturated rings. The SMILES string of the molecule is CC(C)(C)OC(=O)N1C2CC2C[C@H]1c1nc2c([nH]1)CCc1cc(-c3ccc4c(ccc5[nH]c([C@@H]6C[C@H]7C[C@H]7N6)nc54)c3)ccc1-2. The smallest absolute Gasteiger partial charge is 0.411 e. The maximum Gasteiger partial charge on any atom is 0.411 e. The van der Waals surface area contributed by atoms with Crippen LogP contribution in [-0.4, -0.2) is 48.6 Å². The topological polar surface area (TPSA) is 98.9 Å². The highest BCUT2D eigenvalue weighted by molar-refractivity contribution is 6.05. The second-order valence-electron chi connectivity index (χ2n) is 15.1. The van der Waals surface area contributed by atoms with Gasteiger partial charge in [0.1, 0.15) is 17.2 Å². The first-order chi connectivity index (χ1) is 21.8. The first kappa shape index (κ1) is 26.1. The van der Waals surface area contributed by atoms with Crippen molar-refractivity contribution in [2.24, 2.45) is 11.8 Å². The molecule has 8 nitrogen and oxygen atoms in total. The number of carbonyl (C=O) groups is 1. The summed E-state index contributed by atoms with van der Waals surface area (Å²) >= 11 is 0. The quantitative estimate of drug-likeness (QED) is 0.202. The van der Waals surface area contributed by atoms with Gasteiger partial charge in [0.2, 0.25) is 0 Å². The molecule has 5 aromatic rings. The number of likely N-dealkylation sites (tertiary alicyclic amines) is 1. The van der Waals surface area contributed by atoms with Gasteiger partial charge in [-0.15, -0.1) is 0 Å². The lowest BCUT2D eigenvalue weighted by Crippen LogP contribution is -2.38. The number of ether oxygens (including phenoxy) is 1. The minimum absolute atomic E-state index is 0.0494. The van der Waals surface area contributed by atoms with Crippen LogP contribution in [0.2, 0.25) is 0 Å². The van der Waals surface area contributed by atoms with E-state index in [0.29, 0.717) is 18.0 Å². The average Bonchev–Trinajstić information content (AvgIpc) is 3.63. The van der Waals surface area contributed by atoms with Gasteiger partial charge in [0.25, 0.3) is 0 Å². The first-order valence-electron chi connectivity index (χ1n) is 16.7. The highest BCUT2D eigenvalue weighted by atomic mass is 16.6. The molecule has 0 radical (unpaired) electrons. The average molecular weight is 599 g/mol. The summed E-state index contributed by atoms with van der Waals surface area (Å²) in [5.41, 5.74) is 8.82. The summed E-state index contributed by atoms with van der Waals surface area (Å²) < 4.78 is 5.80. The Balaban J connectivity index is 0.940. The van der Waals surface area contributed by atoms with Crippen LogP contribution in [0.25, 0.3) is 44.2 Å². The number of rotatable bonds is 3. The van der Waals surface area contributed by atoms with Crippen molar-refractivity contribution < 1.29 is 9.53 Å². The van der Waals surface area contributed by atoms with Gasteiger partial charge in [-0.25, -0.2) is 14.8 Å². The lowest BCUT2D eigenvalue weighted by atomic mass is 9.89. The van der Waals surface area contributed by atoms with Gasteiger partial charge in [0.05, 0.1) is 28.8 Å². The van der Waals surface area contributed by atoms with Crippen molar-refractivity contribution in [3.63, 3.8) is 0 Å². The number of aromatic nitrogens is 4. The van der Waals surface area contributed by atoms with Crippen molar-refractivity contribution in [2.75, 3.05) is 0 Å². The number of hydrogen-bond donors (Lipinski definition) is 3. The molecule has 3 N–H and O–H groups in total. The Morgan fingerprint density at radius 2 is 1.76 bits per heavy atom. The molecule has 3 aliphatic carbocycles. The lowest BCUT2D eigenvalue weighted by Gasteiger charge is -2.29. The number of aromatic amines is 2. The largest absolute Gasteiger partial charge is 0.444 e. The Labute approximate surface area is 262 Å². The number of nitrogens with zero attached hydrogens (tertiary/aromatic N) is 3. The molecule has 1 amide bonds. The maximum absolute atomic E-state index is 13.2. The molecule has 2 unspecified atom stereocenters. The zero-order valence-corrected chi connectivity index (χ0v) is 26.0. The molecule has 8 heteroatoms. The second kappa shape index (κ2) is 8.97. The number of imidazole rings is 2. The molecule has 0 bridgehead atoms. The van der Waals surface area contributed by atoms with Crippen LogP contribution in [0.1, 0.15) is 81.4 Å². The van der Waals surface area contributed by atoms with Crippen molar-refractivity contribution in [3.05, 3.63) is 71.4 Å². The number of hydrogen-bond acceptors (Lipinski definition) is 5. The Morgan fingerprint density at radius 3 is 2.60 bits per heavy atom. The van der Waals surface area contributed by atoms with E-state index >= 15 is 0 Å². The molecule has 2 saturated heterocycles. The van der Waals surface area contributed by atoms with Crippen molar-refractivity contribution in [2.45, 2.75) is 89.1 Å². The van der Waals surface area contributed by atoms with Crippen molar-refractivity contribution in [1.29, 1.82) is 0 Å². The molecule has 45 heavy (non-hydrogen) atoms. The van der Waals surface area contributed by atoms with Gasteiger partial charge in [-0.05, 0) is 105 Å². The number of H-pyrrole nitrogens is 2. The number of carbonyl (C=O) groups excluding carboxylic acids is 1. The van der Waals surface area contributed by atoms with E-state index in [1.807, 2.05) is 25.7 Å². The number of benzene rings is 3. The van der Waals surface area contributed by atoms with E-state index in [1.54, 1.807) is 0 Å². The van der Waals surface area contributed by atoms with Gasteiger partial charge in [-0.1, -0.05) is 36.4 Å². The van der Waals surface area contributed by atoms with E-state index in [4.69, 9.17) is 14.7 Å². The van der Waals surface area contributed by atoms with Crippen molar-refractivity contribution in [1.82, 2.24) is 30.2 Å². The molecule has 10 rings (SSSR count). The van der Waals surface area contributed by atoms with E-state index in [0.717, 1.165) is 60.0 Å². The zero-order valence-electron chi connectivity index (χ0n) is 26.0. The third-order valence-electron chi connectivity index (χ3n) is 10.9. The van der Waals surface area contributed by atoms with Crippen LogP contribution in [0.15, 0.2) is 48.5 Å². The monoisotopic (exact) mass is 598 g/mol. The Bertz CT molecular complexity index is 2040. The summed E-state index contributed by atoms with van der Waals surface area (Å²) in [5, 5.41) is 6.13. The molecular weight excluding hydrogens is 560 g/mol. The lowest BCUT2D eigenvalue weighted by molar-refractivity contribution is 0.0175. The molecule has 2 aromatic heterocycles. The molecule has 2 saturated carbocycles. The minimum Gasteiger partial charge on any atom is -0.444 e. The van der Waals surface area contributed by atoms with E-state index in [9.17, 15) is 4.79 Å². The Morgan fingerprint density at radius 1 is 0.889 bits per heavy atom. The number of amides is 1. The summed E-state index contributed by atoms with van der Waals surface area (Å²) in [4.78, 5) is 32.6. The number of fused-ring (bicyclic) bond motifs is 8. The summed E-state index contributed by atoms with van der Waals surface area (Å²) in [6.07, 6.45) is 6.20. The molecule has 0 spiro atoms. The van der Waals surface area contributed by atoms with Gasteiger partial charge >= 0.3 is 6.09 Å². The van der Waals surface area contributed by atoms with E-state index < -0.39 is 5.60 Å². The van der Waals surface area contributed by atoms with E-state index in [2.05, 4.69) is 63.8 Å². The maximum atomic E-state index is 13.2. The minimum atomic E-state index is -0.514. The number of nitrogens with one attached hydrogen (secondary N) is 3. The Kier molecular flexibility index (Phi) is 5.20. The number of aryl methyl sites for hydroxylation is 2. The third kappa shape index (κ3) is 4.18. The van der Waals surface area contributed by atoms with Crippen LogP contribution in [0, 0.1) is 11.8 Å². The fourth-order valence-corrected chi connectivity index (χ4v) is 8.44. The molecule has 228 valence electrons. The molecule has 3 aromatic carbocycles. The normalized spacial score (nSPS) is 27.8. The van der Waals surface area contributed by atoms with Gasteiger partial charge in [0, 0.05) is 28.7 Å². The summed E-state index contributed by atoms with van der Waals surface area (Å²) in [5.74, 6) is 3.38. The van der Waals surface area contributed by atoms with Gasteiger partial charge in [0.15, 0.2) is 0 Å². The number of piperidine rings is 2.